The Hall–Kier alpha value is -3.77. The summed E-state index contributed by atoms with van der Waals surface area (Å²) >= 11 is 0. The van der Waals surface area contributed by atoms with Crippen molar-refractivity contribution in [3.05, 3.63) is 95.2 Å². The number of amides is 1. The molecular weight excluding hydrogens is 364 g/mol. The summed E-state index contributed by atoms with van der Waals surface area (Å²) < 4.78 is 0. The van der Waals surface area contributed by atoms with E-state index in [2.05, 4.69) is 10.3 Å². The minimum absolute atomic E-state index is 0.213. The van der Waals surface area contributed by atoms with Gasteiger partial charge in [0.1, 0.15) is 5.82 Å². The monoisotopic (exact) mass is 386 g/mol. The smallest absolute Gasteiger partial charge is 0.255 e. The highest BCUT2D eigenvalue weighted by Crippen LogP contribution is 2.16. The number of nitrogen functional groups attached to an aromatic ring is 1. The zero-order chi connectivity index (χ0) is 20.8. The van der Waals surface area contributed by atoms with Gasteiger partial charge in [-0.25, -0.2) is 4.98 Å². The topological polar surface area (TPSA) is 111 Å². The number of nitrogens with one attached hydrogen (secondary N) is 1. The van der Waals surface area contributed by atoms with E-state index in [1.807, 2.05) is 31.2 Å². The van der Waals surface area contributed by atoms with Crippen molar-refractivity contribution in [1.82, 2.24) is 4.98 Å². The number of nitrogens with two attached hydrogens (primary N) is 2. The number of aromatic nitrogens is 1. The third-order valence-corrected chi connectivity index (χ3v) is 4.39. The highest BCUT2D eigenvalue weighted by molar-refractivity contribution is 6.04. The van der Waals surface area contributed by atoms with Crippen LogP contribution in [0.1, 0.15) is 33.1 Å². The Kier molecular flexibility index (Phi) is 6.16. The van der Waals surface area contributed by atoms with Gasteiger partial charge in [0.25, 0.3) is 5.91 Å². The van der Waals surface area contributed by atoms with Gasteiger partial charge in [-0.2, -0.15) is 0 Å². The summed E-state index contributed by atoms with van der Waals surface area (Å²) in [4.78, 5) is 28.6. The van der Waals surface area contributed by atoms with E-state index in [9.17, 15) is 9.59 Å². The van der Waals surface area contributed by atoms with E-state index in [0.717, 1.165) is 11.1 Å². The van der Waals surface area contributed by atoms with Crippen molar-refractivity contribution >= 4 is 29.3 Å². The Labute approximate surface area is 169 Å². The van der Waals surface area contributed by atoms with Crippen molar-refractivity contribution in [1.29, 1.82) is 0 Å². The third-order valence-electron chi connectivity index (χ3n) is 4.39. The van der Waals surface area contributed by atoms with Gasteiger partial charge < -0.3 is 16.8 Å². The second kappa shape index (κ2) is 8.95. The molecule has 6 heteroatoms. The summed E-state index contributed by atoms with van der Waals surface area (Å²) in [5, 5.41) is 2.74. The summed E-state index contributed by atoms with van der Waals surface area (Å²) in [5.41, 5.74) is 15.4. The van der Waals surface area contributed by atoms with E-state index in [0.29, 0.717) is 22.6 Å². The van der Waals surface area contributed by atoms with E-state index >= 15 is 0 Å². The summed E-state index contributed by atoms with van der Waals surface area (Å²) in [6.45, 7) is 2.00. The predicted molar refractivity (Wildman–Crippen MR) is 115 cm³/mol. The van der Waals surface area contributed by atoms with Crippen LogP contribution in [0.15, 0.2) is 72.9 Å². The summed E-state index contributed by atoms with van der Waals surface area (Å²) in [6, 6.07) is 16.9. The van der Waals surface area contributed by atoms with Crippen molar-refractivity contribution in [2.75, 3.05) is 11.1 Å². The second-order valence-electron chi connectivity index (χ2n) is 6.67. The molecule has 1 amide bonds. The minimum Gasteiger partial charge on any atom is -0.384 e. The van der Waals surface area contributed by atoms with Gasteiger partial charge in [-0.15, -0.1) is 0 Å². The van der Waals surface area contributed by atoms with Crippen LogP contribution in [0.25, 0.3) is 6.08 Å². The molecular formula is C23H22N4O2. The lowest BCUT2D eigenvalue weighted by Crippen LogP contribution is -2.20. The van der Waals surface area contributed by atoms with Crippen molar-refractivity contribution in [2.24, 2.45) is 5.73 Å². The third kappa shape index (κ3) is 5.37. The lowest BCUT2D eigenvalue weighted by molar-refractivity contribution is -0.115. The van der Waals surface area contributed by atoms with Crippen LogP contribution in [-0.4, -0.2) is 16.7 Å². The molecule has 0 bridgehead atoms. The molecule has 146 valence electrons. The van der Waals surface area contributed by atoms with Crippen LogP contribution in [-0.2, 0) is 4.79 Å². The molecule has 0 aliphatic heterocycles. The van der Waals surface area contributed by atoms with Crippen LogP contribution in [0.2, 0.25) is 0 Å². The first-order chi connectivity index (χ1) is 13.9. The number of carbonyl (C=O) groups excluding carboxylic acids is 2. The SMILES string of the molecule is Cc1ccc(C=CC(=O)C(N)c2ccc(C(=O)Nc3ccnc(N)c3)cc2)cc1. The number of benzene rings is 2. The largest absolute Gasteiger partial charge is 0.384 e. The van der Waals surface area contributed by atoms with Crippen molar-refractivity contribution in [3.8, 4) is 0 Å². The van der Waals surface area contributed by atoms with Gasteiger partial charge >= 0.3 is 0 Å². The number of carbonyl (C=O) groups is 2. The first-order valence-electron chi connectivity index (χ1n) is 9.09. The average molecular weight is 386 g/mol. The first-order valence-corrected chi connectivity index (χ1v) is 9.09. The van der Waals surface area contributed by atoms with Crippen LogP contribution in [0.5, 0.6) is 0 Å². The Morgan fingerprint density at radius 3 is 2.38 bits per heavy atom. The molecule has 0 fully saturated rings. The van der Waals surface area contributed by atoms with Crippen LogP contribution in [0, 0.1) is 6.92 Å². The molecule has 0 radical (unpaired) electrons. The van der Waals surface area contributed by atoms with Gasteiger partial charge in [-0.3, -0.25) is 9.59 Å². The summed E-state index contributed by atoms with van der Waals surface area (Å²) in [7, 11) is 0. The molecule has 1 unspecified atom stereocenters. The normalized spacial score (nSPS) is 11.9. The average Bonchev–Trinajstić information content (AvgIpc) is 2.72. The number of nitrogens with zero attached hydrogens (tertiary/aromatic N) is 1. The Morgan fingerprint density at radius 1 is 1.03 bits per heavy atom. The molecule has 0 saturated carbocycles. The number of anilines is 2. The molecule has 1 aromatic heterocycles. The minimum atomic E-state index is -0.797. The van der Waals surface area contributed by atoms with Crippen LogP contribution < -0.4 is 16.8 Å². The Bertz CT molecular complexity index is 1040. The van der Waals surface area contributed by atoms with Gasteiger partial charge in [-0.05, 0) is 42.3 Å². The number of hydrogen-bond acceptors (Lipinski definition) is 5. The Balaban J connectivity index is 1.64. The van der Waals surface area contributed by atoms with E-state index in [4.69, 9.17) is 11.5 Å². The molecule has 1 atom stereocenters. The fourth-order valence-corrected chi connectivity index (χ4v) is 2.70. The zero-order valence-corrected chi connectivity index (χ0v) is 16.0. The maximum Gasteiger partial charge on any atom is 0.255 e. The standard InChI is InChI=1S/C23H22N4O2/c1-15-2-4-16(5-3-15)6-11-20(28)22(25)17-7-9-18(10-8-17)23(29)27-19-12-13-26-21(24)14-19/h2-14,22H,25H2,1H3,(H3,24,26,27,29). The Morgan fingerprint density at radius 2 is 1.72 bits per heavy atom. The quantitative estimate of drug-likeness (QED) is 0.562. The van der Waals surface area contributed by atoms with Gasteiger partial charge in [0.15, 0.2) is 5.78 Å². The maximum atomic E-state index is 12.4. The predicted octanol–water partition coefficient (Wildman–Crippen LogP) is 3.51. The fraction of sp³-hybridized carbons (Fsp3) is 0.0870. The van der Waals surface area contributed by atoms with E-state index < -0.39 is 6.04 Å². The molecule has 0 aliphatic carbocycles. The van der Waals surface area contributed by atoms with E-state index in [1.54, 1.807) is 42.5 Å². The van der Waals surface area contributed by atoms with Crippen molar-refractivity contribution < 1.29 is 9.59 Å². The van der Waals surface area contributed by atoms with Gasteiger partial charge in [0.2, 0.25) is 0 Å². The van der Waals surface area contributed by atoms with Crippen LogP contribution in [0.3, 0.4) is 0 Å². The molecule has 5 N–H and O–H groups in total. The molecule has 0 aliphatic rings. The molecule has 1 heterocycles. The molecule has 3 rings (SSSR count). The van der Waals surface area contributed by atoms with Crippen LogP contribution in [0.4, 0.5) is 11.5 Å². The highest BCUT2D eigenvalue weighted by Gasteiger charge is 2.14. The number of rotatable bonds is 6. The van der Waals surface area contributed by atoms with Crippen molar-refractivity contribution in [3.63, 3.8) is 0 Å². The molecule has 0 saturated heterocycles. The molecule has 29 heavy (non-hydrogen) atoms. The molecule has 0 spiro atoms. The summed E-state index contributed by atoms with van der Waals surface area (Å²) in [6.07, 6.45) is 4.73. The molecule has 2 aromatic carbocycles. The second-order valence-corrected chi connectivity index (χ2v) is 6.67. The lowest BCUT2D eigenvalue weighted by Gasteiger charge is -2.10. The van der Waals surface area contributed by atoms with Gasteiger partial charge in [-0.1, -0.05) is 48.0 Å². The van der Waals surface area contributed by atoms with E-state index in [-0.39, 0.29) is 11.7 Å². The van der Waals surface area contributed by atoms with Crippen molar-refractivity contribution in [2.45, 2.75) is 13.0 Å². The maximum absolute atomic E-state index is 12.4. The number of hydrogen-bond donors (Lipinski definition) is 3. The lowest BCUT2D eigenvalue weighted by atomic mass is 10.0. The zero-order valence-electron chi connectivity index (χ0n) is 16.0. The highest BCUT2D eigenvalue weighted by atomic mass is 16.1. The number of aryl methyl sites for hydroxylation is 1. The molecule has 3 aromatic rings. The summed E-state index contributed by atoms with van der Waals surface area (Å²) in [5.74, 6) is -0.183. The first kappa shape index (κ1) is 20.0. The van der Waals surface area contributed by atoms with Crippen LogP contribution >= 0.6 is 0 Å². The molecule has 6 nitrogen and oxygen atoms in total. The van der Waals surface area contributed by atoms with Gasteiger partial charge in [0, 0.05) is 23.5 Å². The van der Waals surface area contributed by atoms with E-state index in [1.165, 1.54) is 12.3 Å². The number of pyridine rings is 1. The fourth-order valence-electron chi connectivity index (χ4n) is 2.70. The number of ketones is 1. The van der Waals surface area contributed by atoms with Gasteiger partial charge in [0.05, 0.1) is 6.04 Å².